The van der Waals surface area contributed by atoms with E-state index < -0.39 is 0 Å². The predicted molar refractivity (Wildman–Crippen MR) is 566 cm³/mol. The smallest absolute Gasteiger partial charge is 0.133 e. The number of aryl methyl sites for hydroxylation is 8. The van der Waals surface area contributed by atoms with E-state index in [2.05, 4.69) is 299 Å². The van der Waals surface area contributed by atoms with Crippen LogP contribution in [0.3, 0.4) is 0 Å². The Morgan fingerprint density at radius 3 is 1.04 bits per heavy atom. The van der Waals surface area contributed by atoms with Crippen molar-refractivity contribution in [1.29, 1.82) is 0 Å². The van der Waals surface area contributed by atoms with Crippen LogP contribution in [-0.2, 0) is 89.9 Å². The maximum absolute atomic E-state index is 5.50. The molecule has 688 valence electrons. The minimum atomic E-state index is 0.529. The van der Waals surface area contributed by atoms with Crippen molar-refractivity contribution in [1.82, 2.24) is 39.9 Å². The van der Waals surface area contributed by atoms with Crippen molar-refractivity contribution >= 4 is 45.3 Å². The quantitative estimate of drug-likeness (QED) is 0.0375. The average Bonchev–Trinajstić information content (AvgIpc) is 1.67. The molecule has 0 amide bonds. The zero-order chi connectivity index (χ0) is 92.2. The van der Waals surface area contributed by atoms with Crippen LogP contribution < -0.4 is 0 Å². The Balaban J connectivity index is 0.000000130. The maximum Gasteiger partial charge on any atom is 0.133 e. The molecule has 8 nitrogen and oxygen atoms in total. The highest BCUT2D eigenvalue weighted by Gasteiger charge is 2.31. The summed E-state index contributed by atoms with van der Waals surface area (Å²) >= 11 is 7.44. The van der Waals surface area contributed by atoms with Gasteiger partial charge in [-0.3, -0.25) is 0 Å². The van der Waals surface area contributed by atoms with Gasteiger partial charge in [-0.05, 0) is 323 Å². The van der Waals surface area contributed by atoms with E-state index in [1.807, 2.05) is 94.4 Å². The summed E-state index contributed by atoms with van der Waals surface area (Å²) in [5.41, 5.74) is 22.0. The van der Waals surface area contributed by atoms with Crippen LogP contribution in [0.15, 0.2) is 274 Å². The first kappa shape index (κ1) is 96.3. The normalized spacial score (nSPS) is 17.3. The van der Waals surface area contributed by atoms with Crippen molar-refractivity contribution in [3.05, 3.63) is 389 Å². The number of benzene rings is 7. The van der Waals surface area contributed by atoms with Crippen molar-refractivity contribution in [2.75, 3.05) is 0 Å². The Bertz CT molecular complexity index is 6190. The molecule has 4 saturated carbocycles. The van der Waals surface area contributed by atoms with Gasteiger partial charge in [0.2, 0.25) is 0 Å². The highest BCUT2D eigenvalue weighted by Crippen LogP contribution is 2.43. The predicted octanol–water partition coefficient (Wildman–Crippen LogP) is 31.4. The van der Waals surface area contributed by atoms with Crippen LogP contribution in [0.2, 0.25) is 0 Å². The Labute approximate surface area is 816 Å². The summed E-state index contributed by atoms with van der Waals surface area (Å²) in [6, 6.07) is 90.5. The summed E-state index contributed by atoms with van der Waals surface area (Å²) in [5.74, 6) is 13.8. The molecule has 0 N–H and O–H groups in total. The van der Waals surface area contributed by atoms with E-state index >= 15 is 0 Å². The standard InChI is InChI=1S/2C32H36N2S.C31H34N2S.C27H30N2S/c1-23-9-11-26(12-10-23)20-27-7-4-8-28(21-27)22-32-33-18-17-30(34-32)31-16-15-29(35-31)14-13-25-6-3-5-24(2)19-25;1-23-6-10-25(11-7-23)14-15-29-16-17-31(35-29)30-18-19-33-32(34-30)22-28-5-3-4-27(21-28)20-26-12-8-24(2)9-13-26;1-23-10-12-25(13-11-23)20-26-8-5-9-27(21-26)22-31-32-19-18-29(33-31)30-17-16-28(34-30)15-14-24-6-3-2-4-7-24;1-4-5-8-23(21-10-11-21)18-24-12-13-26(30-24)25-14-15-28-27(29-25)17-20-7-6-9-22(16-20)19(2)3/h3-8,15-19,21,23,26H,9-14,20,22H2,1-2H3;3-7,10-11,16-19,21,24,26H,8-9,12-15,20,22H2,1-2H3;2-9,16-19,21,23,25H,10-15,20,22H2,1H3;1,6-7,9,12-16,19,21,23H,5,8,10-11,17-18H2,2-3H3. The number of thiophene rings is 4. The first-order valence-electron chi connectivity index (χ1n) is 50.1. The molecule has 8 heterocycles. The molecule has 19 rings (SSSR count). The van der Waals surface area contributed by atoms with Crippen LogP contribution in [0.25, 0.3) is 42.3 Å². The zero-order valence-electron chi connectivity index (χ0n) is 80.2. The highest BCUT2D eigenvalue weighted by atomic mass is 32.1. The second kappa shape index (κ2) is 49.1. The molecule has 0 bridgehead atoms. The molecule has 0 aliphatic heterocycles. The summed E-state index contributed by atoms with van der Waals surface area (Å²) in [6.45, 7) is 15.9. The van der Waals surface area contributed by atoms with E-state index in [1.54, 1.807) is 0 Å². The van der Waals surface area contributed by atoms with Crippen LogP contribution in [0.5, 0.6) is 0 Å². The van der Waals surface area contributed by atoms with E-state index in [9.17, 15) is 0 Å². The number of aromatic nitrogens is 8. The highest BCUT2D eigenvalue weighted by molar-refractivity contribution is 7.16. The molecule has 0 spiro atoms. The van der Waals surface area contributed by atoms with E-state index in [4.69, 9.17) is 26.4 Å². The van der Waals surface area contributed by atoms with Gasteiger partial charge in [-0.25, -0.2) is 39.9 Å². The third kappa shape index (κ3) is 30.1. The SMILES string of the molecule is C#CCCC(Cc1ccc(-c2ccnc(Cc3cccc(C(C)C)c3)n2)s1)C1CC1.CC1CCC(Cc2cccc(Cc3nccc(-c4ccc(CCc5ccccc5)s4)n3)c2)CC1.Cc1ccc(CCc2ccc(-c3ccnc(Cc4cccc(CC5CCC(C)CC5)c4)n3)s2)cc1.Cc1cccc(CCc2ccc(-c3ccnc(Cc4cccc(CC5CCC(C)CC5)c4)n3)s2)c1. The topological polar surface area (TPSA) is 103 Å². The second-order valence-electron chi connectivity index (χ2n) is 39.6. The molecular formula is C122H136N8S4. The van der Waals surface area contributed by atoms with Crippen molar-refractivity contribution in [3.8, 4) is 54.6 Å². The molecule has 134 heavy (non-hydrogen) atoms. The second-order valence-corrected chi connectivity index (χ2v) is 44.2. The van der Waals surface area contributed by atoms with E-state index in [-0.39, 0.29) is 0 Å². The van der Waals surface area contributed by atoms with Gasteiger partial charge in [-0.2, -0.15) is 0 Å². The van der Waals surface area contributed by atoms with E-state index in [1.165, 1.54) is 220 Å². The molecule has 0 radical (unpaired) electrons. The fraction of sp³-hybridized carbons (Fsp3) is 0.377. The Hall–Kier alpha value is -10.8. The van der Waals surface area contributed by atoms with Crippen LogP contribution >= 0.6 is 45.3 Å². The number of hydrogen-bond acceptors (Lipinski definition) is 12. The van der Waals surface area contributed by atoms with Crippen LogP contribution in [0, 0.1) is 73.5 Å². The number of rotatable bonds is 33. The molecule has 0 saturated heterocycles. The zero-order valence-corrected chi connectivity index (χ0v) is 83.4. The van der Waals surface area contributed by atoms with Crippen molar-refractivity contribution in [2.45, 2.75) is 247 Å². The van der Waals surface area contributed by atoms with Crippen LogP contribution in [-0.4, -0.2) is 39.9 Å². The molecule has 1 atom stereocenters. The van der Waals surface area contributed by atoms with Crippen LogP contribution in [0.1, 0.15) is 258 Å². The van der Waals surface area contributed by atoms with Crippen molar-refractivity contribution in [2.24, 2.45) is 47.3 Å². The summed E-state index contributed by atoms with van der Waals surface area (Å²) in [6.07, 6.45) is 48.9. The number of terminal acetylenes is 1. The summed E-state index contributed by atoms with van der Waals surface area (Å²) in [7, 11) is 0. The van der Waals surface area contributed by atoms with Crippen LogP contribution in [0.4, 0.5) is 0 Å². The van der Waals surface area contributed by atoms with Gasteiger partial charge in [0.25, 0.3) is 0 Å². The van der Waals surface area contributed by atoms with Gasteiger partial charge in [0.1, 0.15) is 23.3 Å². The molecule has 15 aromatic rings. The molecule has 7 aromatic carbocycles. The lowest BCUT2D eigenvalue weighted by Crippen LogP contribution is -2.14. The lowest BCUT2D eigenvalue weighted by Gasteiger charge is -2.26. The average molecular weight is 1840 g/mol. The molecule has 8 aromatic heterocycles. The first-order chi connectivity index (χ1) is 65.5. The largest absolute Gasteiger partial charge is 0.241 e. The van der Waals surface area contributed by atoms with Gasteiger partial charge in [0.15, 0.2) is 0 Å². The Morgan fingerprint density at radius 2 is 0.657 bits per heavy atom. The van der Waals surface area contributed by atoms with Gasteiger partial charge >= 0.3 is 0 Å². The van der Waals surface area contributed by atoms with Crippen molar-refractivity contribution < 1.29 is 0 Å². The minimum Gasteiger partial charge on any atom is -0.241 e. The summed E-state index contributed by atoms with van der Waals surface area (Å²) in [5, 5.41) is 0. The maximum atomic E-state index is 5.50. The summed E-state index contributed by atoms with van der Waals surface area (Å²) in [4.78, 5) is 48.6. The number of hydrogen-bond donors (Lipinski definition) is 0. The lowest BCUT2D eigenvalue weighted by molar-refractivity contribution is 0.289. The third-order valence-corrected chi connectivity index (χ3v) is 32.6. The number of nitrogens with zero attached hydrogens (tertiary/aromatic N) is 8. The monoisotopic (exact) mass is 1840 g/mol. The van der Waals surface area contributed by atoms with E-state index in [0.717, 1.165) is 177 Å². The van der Waals surface area contributed by atoms with Gasteiger partial charge in [-0.1, -0.05) is 260 Å². The third-order valence-electron chi connectivity index (χ3n) is 27.9. The summed E-state index contributed by atoms with van der Waals surface area (Å²) < 4.78 is 0. The fourth-order valence-corrected chi connectivity index (χ4v) is 23.7. The fourth-order valence-electron chi connectivity index (χ4n) is 19.7. The Morgan fingerprint density at radius 1 is 0.313 bits per heavy atom. The van der Waals surface area contributed by atoms with E-state index in [0.29, 0.717) is 5.92 Å². The molecule has 4 aliphatic carbocycles. The lowest BCUT2D eigenvalue weighted by atomic mass is 9.80. The molecule has 4 fully saturated rings. The van der Waals surface area contributed by atoms with Gasteiger partial charge in [0, 0.05) is 76.4 Å². The van der Waals surface area contributed by atoms with Gasteiger partial charge < -0.3 is 0 Å². The molecule has 4 aliphatic rings. The van der Waals surface area contributed by atoms with Gasteiger partial charge in [0.05, 0.1) is 42.3 Å². The molecule has 1 unspecified atom stereocenters. The Kier molecular flexibility index (Phi) is 35.3. The van der Waals surface area contributed by atoms with Gasteiger partial charge in [-0.15, -0.1) is 57.7 Å². The molecular weight excluding hydrogens is 1710 g/mol. The minimum absolute atomic E-state index is 0.529. The first-order valence-corrected chi connectivity index (χ1v) is 53.4. The molecule has 12 heteroatoms. The van der Waals surface area contributed by atoms with Crippen molar-refractivity contribution in [3.63, 3.8) is 0 Å².